The zero-order valence-electron chi connectivity index (χ0n) is 11.3. The molecular weight excluding hydrogens is 248 g/mol. The molecule has 0 unspecified atom stereocenters. The van der Waals surface area contributed by atoms with E-state index < -0.39 is 13.2 Å². The van der Waals surface area contributed by atoms with Crippen molar-refractivity contribution in [3.05, 3.63) is 34.1 Å². The summed E-state index contributed by atoms with van der Waals surface area (Å²) in [6.07, 6.45) is 2.83. The molecule has 6 heteroatoms. The van der Waals surface area contributed by atoms with Crippen LogP contribution >= 0.6 is 0 Å². The molecule has 0 spiro atoms. The minimum atomic E-state index is -2.20. The van der Waals surface area contributed by atoms with Crippen LogP contribution in [0.25, 0.3) is 0 Å². The lowest BCUT2D eigenvalue weighted by molar-refractivity contribution is -0.385. The lowest BCUT2D eigenvalue weighted by atomic mass is 10.0. The zero-order valence-corrected chi connectivity index (χ0v) is 12.3. The molecule has 0 aliphatic rings. The van der Waals surface area contributed by atoms with E-state index >= 15 is 0 Å². The van der Waals surface area contributed by atoms with E-state index in [0.717, 1.165) is 18.5 Å². The highest BCUT2D eigenvalue weighted by atomic mass is 28.4. The van der Waals surface area contributed by atoms with Crippen LogP contribution in [0.5, 0.6) is 0 Å². The standard InChI is InChI=1S/C12H20N2O3Si/c1-12(2,18(3,4)17)8-7-10-5-6-11(9-13-10)14(15)16/h5-6,9,17H,7-8H2,1-4H3. The number of aryl methyl sites for hydroxylation is 1. The second-order valence-corrected chi connectivity index (χ2v) is 10.2. The van der Waals surface area contributed by atoms with E-state index in [0.29, 0.717) is 0 Å². The van der Waals surface area contributed by atoms with Gasteiger partial charge in [0.2, 0.25) is 0 Å². The van der Waals surface area contributed by atoms with Gasteiger partial charge in [0, 0.05) is 11.8 Å². The van der Waals surface area contributed by atoms with Crippen molar-refractivity contribution in [1.82, 2.24) is 4.98 Å². The van der Waals surface area contributed by atoms with E-state index in [1.54, 1.807) is 6.07 Å². The van der Waals surface area contributed by atoms with Crippen molar-refractivity contribution in [2.75, 3.05) is 0 Å². The van der Waals surface area contributed by atoms with Gasteiger partial charge in [-0.15, -0.1) is 0 Å². The van der Waals surface area contributed by atoms with Gasteiger partial charge in [-0.1, -0.05) is 13.8 Å². The Balaban J connectivity index is 2.67. The van der Waals surface area contributed by atoms with Crippen LogP contribution in [0.3, 0.4) is 0 Å². The Bertz CT molecular complexity index is 424. The van der Waals surface area contributed by atoms with Gasteiger partial charge < -0.3 is 4.80 Å². The zero-order chi connectivity index (χ0) is 14.0. The minimum Gasteiger partial charge on any atom is -0.432 e. The molecule has 1 N–H and O–H groups in total. The summed E-state index contributed by atoms with van der Waals surface area (Å²) in [6, 6.07) is 3.15. The Hall–Kier alpha value is -1.27. The molecule has 1 aromatic heterocycles. The Morgan fingerprint density at radius 2 is 2.06 bits per heavy atom. The van der Waals surface area contributed by atoms with Crippen LogP contribution < -0.4 is 0 Å². The SMILES string of the molecule is CC(C)(CCc1ccc([N+](=O)[O-])cn1)[Si](C)(C)O. The van der Waals surface area contributed by atoms with Gasteiger partial charge in [0.15, 0.2) is 8.32 Å². The van der Waals surface area contributed by atoms with E-state index in [9.17, 15) is 14.9 Å². The molecule has 0 atom stereocenters. The minimum absolute atomic E-state index is 0.00914. The maximum absolute atomic E-state index is 10.5. The summed E-state index contributed by atoms with van der Waals surface area (Å²) in [5.74, 6) is 0. The number of aromatic nitrogens is 1. The van der Waals surface area contributed by atoms with Crippen LogP contribution in [0.15, 0.2) is 18.3 Å². The van der Waals surface area contributed by atoms with Gasteiger partial charge >= 0.3 is 0 Å². The smallest absolute Gasteiger partial charge is 0.287 e. The van der Waals surface area contributed by atoms with Gasteiger partial charge in [0.1, 0.15) is 6.20 Å². The number of nitrogens with zero attached hydrogens (tertiary/aromatic N) is 2. The Kier molecular flexibility index (Phi) is 4.23. The van der Waals surface area contributed by atoms with Crippen LogP contribution in [0.4, 0.5) is 5.69 Å². The van der Waals surface area contributed by atoms with Gasteiger partial charge in [-0.2, -0.15) is 0 Å². The molecule has 18 heavy (non-hydrogen) atoms. The monoisotopic (exact) mass is 268 g/mol. The molecule has 5 nitrogen and oxygen atoms in total. The molecule has 0 saturated carbocycles. The van der Waals surface area contributed by atoms with E-state index in [-0.39, 0.29) is 10.7 Å². The number of hydrogen-bond donors (Lipinski definition) is 1. The Morgan fingerprint density at radius 1 is 1.44 bits per heavy atom. The molecular formula is C12H20N2O3Si. The molecule has 0 saturated heterocycles. The molecule has 0 radical (unpaired) electrons. The summed E-state index contributed by atoms with van der Waals surface area (Å²) in [5.41, 5.74) is 0.835. The van der Waals surface area contributed by atoms with Crippen molar-refractivity contribution in [3.63, 3.8) is 0 Å². The second kappa shape index (κ2) is 5.15. The molecule has 0 aromatic carbocycles. The lowest BCUT2D eigenvalue weighted by Gasteiger charge is -2.34. The first-order valence-corrected chi connectivity index (χ1v) is 8.90. The third-order valence-corrected chi connectivity index (χ3v) is 7.24. The predicted octanol–water partition coefficient (Wildman–Crippen LogP) is 2.90. The molecule has 1 heterocycles. The Morgan fingerprint density at radius 3 is 2.44 bits per heavy atom. The molecule has 0 bridgehead atoms. The number of hydrogen-bond acceptors (Lipinski definition) is 4. The fourth-order valence-corrected chi connectivity index (χ4v) is 2.16. The molecule has 0 fully saturated rings. The summed E-state index contributed by atoms with van der Waals surface area (Å²) in [6.45, 7) is 7.97. The maximum Gasteiger partial charge on any atom is 0.287 e. The average molecular weight is 268 g/mol. The van der Waals surface area contributed by atoms with Gasteiger partial charge in [0.25, 0.3) is 5.69 Å². The summed E-state index contributed by atoms with van der Waals surface area (Å²) in [7, 11) is -2.20. The summed E-state index contributed by atoms with van der Waals surface area (Å²) >= 11 is 0. The fraction of sp³-hybridized carbons (Fsp3) is 0.583. The van der Waals surface area contributed by atoms with E-state index in [4.69, 9.17) is 0 Å². The highest BCUT2D eigenvalue weighted by Crippen LogP contribution is 2.39. The lowest BCUT2D eigenvalue weighted by Crippen LogP contribution is -2.39. The van der Waals surface area contributed by atoms with Crippen molar-refractivity contribution in [3.8, 4) is 0 Å². The predicted molar refractivity (Wildman–Crippen MR) is 73.0 cm³/mol. The van der Waals surface area contributed by atoms with Gasteiger partial charge in [0.05, 0.1) is 4.92 Å². The van der Waals surface area contributed by atoms with Crippen LogP contribution in [0, 0.1) is 10.1 Å². The first kappa shape index (κ1) is 14.8. The van der Waals surface area contributed by atoms with E-state index in [1.807, 2.05) is 13.1 Å². The highest BCUT2D eigenvalue weighted by molar-refractivity contribution is 6.72. The quantitative estimate of drug-likeness (QED) is 0.506. The van der Waals surface area contributed by atoms with Crippen molar-refractivity contribution < 1.29 is 9.72 Å². The van der Waals surface area contributed by atoms with Crippen LogP contribution in [-0.4, -0.2) is 23.0 Å². The molecule has 0 aliphatic heterocycles. The second-order valence-electron chi connectivity index (χ2n) is 5.71. The summed E-state index contributed by atoms with van der Waals surface area (Å²) in [4.78, 5) is 24.3. The average Bonchev–Trinajstić information content (AvgIpc) is 2.25. The van der Waals surface area contributed by atoms with Crippen molar-refractivity contribution in [2.24, 2.45) is 0 Å². The first-order valence-electron chi connectivity index (χ1n) is 5.95. The molecule has 0 amide bonds. The Labute approximate surface area is 108 Å². The van der Waals surface area contributed by atoms with E-state index in [2.05, 4.69) is 18.8 Å². The number of rotatable bonds is 5. The van der Waals surface area contributed by atoms with Gasteiger partial charge in [-0.05, 0) is 37.0 Å². The number of pyridine rings is 1. The van der Waals surface area contributed by atoms with Crippen molar-refractivity contribution in [1.29, 1.82) is 0 Å². The van der Waals surface area contributed by atoms with Gasteiger partial charge in [-0.25, -0.2) is 0 Å². The fourth-order valence-electron chi connectivity index (χ4n) is 1.42. The molecule has 1 rings (SSSR count). The molecule has 1 aromatic rings. The first-order chi connectivity index (χ1) is 8.13. The summed E-state index contributed by atoms with van der Waals surface area (Å²) < 4.78 is 0. The van der Waals surface area contributed by atoms with Gasteiger partial charge in [-0.3, -0.25) is 15.1 Å². The third kappa shape index (κ3) is 3.61. The largest absolute Gasteiger partial charge is 0.432 e. The molecule has 0 aliphatic carbocycles. The third-order valence-electron chi connectivity index (χ3n) is 3.68. The van der Waals surface area contributed by atoms with Crippen molar-refractivity contribution in [2.45, 2.75) is 44.8 Å². The van der Waals surface area contributed by atoms with Crippen LogP contribution in [-0.2, 0) is 6.42 Å². The topological polar surface area (TPSA) is 76.3 Å². The van der Waals surface area contributed by atoms with Crippen LogP contribution in [0.2, 0.25) is 18.1 Å². The van der Waals surface area contributed by atoms with E-state index in [1.165, 1.54) is 12.3 Å². The number of nitro groups is 1. The van der Waals surface area contributed by atoms with Crippen LogP contribution in [0.1, 0.15) is 26.0 Å². The summed E-state index contributed by atoms with van der Waals surface area (Å²) in [5, 5.41) is 10.4. The molecule has 100 valence electrons. The normalized spacial score (nSPS) is 12.5. The van der Waals surface area contributed by atoms with Crippen molar-refractivity contribution >= 4 is 14.0 Å². The highest BCUT2D eigenvalue weighted by Gasteiger charge is 2.37. The maximum atomic E-state index is 10.5.